The van der Waals surface area contributed by atoms with Crippen LogP contribution in [-0.4, -0.2) is 23.1 Å². The average molecular weight is 277 g/mol. The first-order valence-corrected chi connectivity index (χ1v) is 7.53. The standard InChI is InChI=1S/C15H23N3S/c1-11-10-13(14(15(16)19)12(2)17-11)18-8-6-4-3-5-7-9-18/h10H,3-9H2,1-2H3,(H2,16,19). The maximum Gasteiger partial charge on any atom is 0.107 e. The van der Waals surface area contributed by atoms with Gasteiger partial charge in [0.2, 0.25) is 0 Å². The zero-order valence-electron chi connectivity index (χ0n) is 11.9. The summed E-state index contributed by atoms with van der Waals surface area (Å²) in [6.45, 7) is 6.22. The first kappa shape index (κ1) is 14.3. The number of aromatic nitrogens is 1. The molecule has 1 aromatic heterocycles. The summed E-state index contributed by atoms with van der Waals surface area (Å²) in [5.41, 5.74) is 10.0. The van der Waals surface area contributed by atoms with Crippen LogP contribution in [0.2, 0.25) is 0 Å². The Morgan fingerprint density at radius 3 is 2.32 bits per heavy atom. The highest BCUT2D eigenvalue weighted by Gasteiger charge is 2.17. The van der Waals surface area contributed by atoms with E-state index in [1.807, 2.05) is 13.8 Å². The van der Waals surface area contributed by atoms with Gasteiger partial charge >= 0.3 is 0 Å². The molecule has 0 aromatic carbocycles. The first-order chi connectivity index (χ1) is 9.09. The lowest BCUT2D eigenvalue weighted by molar-refractivity contribution is 0.556. The van der Waals surface area contributed by atoms with Crippen molar-refractivity contribution in [2.24, 2.45) is 5.73 Å². The monoisotopic (exact) mass is 277 g/mol. The van der Waals surface area contributed by atoms with Crippen molar-refractivity contribution < 1.29 is 0 Å². The molecule has 0 atom stereocenters. The quantitative estimate of drug-likeness (QED) is 0.844. The highest BCUT2D eigenvalue weighted by atomic mass is 32.1. The van der Waals surface area contributed by atoms with Crippen LogP contribution in [-0.2, 0) is 0 Å². The van der Waals surface area contributed by atoms with Gasteiger partial charge in [-0.05, 0) is 32.8 Å². The maximum atomic E-state index is 5.91. The molecule has 19 heavy (non-hydrogen) atoms. The van der Waals surface area contributed by atoms with Gasteiger partial charge in [0.1, 0.15) is 4.99 Å². The lowest BCUT2D eigenvalue weighted by Gasteiger charge is -2.29. The number of aryl methyl sites for hydroxylation is 2. The maximum absolute atomic E-state index is 5.91. The summed E-state index contributed by atoms with van der Waals surface area (Å²) < 4.78 is 0. The SMILES string of the molecule is Cc1cc(N2CCCCCCC2)c(C(N)=S)c(C)n1. The molecule has 1 aliphatic rings. The third-order valence-electron chi connectivity index (χ3n) is 3.75. The van der Waals surface area contributed by atoms with Crippen molar-refractivity contribution in [2.75, 3.05) is 18.0 Å². The Morgan fingerprint density at radius 1 is 1.16 bits per heavy atom. The second kappa shape index (κ2) is 6.33. The Hall–Kier alpha value is -1.16. The molecule has 0 saturated carbocycles. The fourth-order valence-corrected chi connectivity index (χ4v) is 3.10. The topological polar surface area (TPSA) is 42.1 Å². The molecule has 0 amide bonds. The molecule has 2 heterocycles. The Labute approximate surface area is 121 Å². The highest BCUT2D eigenvalue weighted by Crippen LogP contribution is 2.26. The molecular weight excluding hydrogens is 254 g/mol. The van der Waals surface area contributed by atoms with Crippen molar-refractivity contribution in [1.82, 2.24) is 4.98 Å². The summed E-state index contributed by atoms with van der Waals surface area (Å²) in [7, 11) is 0. The number of hydrogen-bond acceptors (Lipinski definition) is 3. The van der Waals surface area contributed by atoms with Crippen LogP contribution in [0.1, 0.15) is 49.1 Å². The van der Waals surface area contributed by atoms with Gasteiger partial charge in [-0.3, -0.25) is 4.98 Å². The van der Waals surface area contributed by atoms with E-state index in [4.69, 9.17) is 18.0 Å². The number of rotatable bonds is 2. The van der Waals surface area contributed by atoms with E-state index < -0.39 is 0 Å². The van der Waals surface area contributed by atoms with Crippen molar-refractivity contribution in [2.45, 2.75) is 46.0 Å². The molecule has 1 saturated heterocycles. The second-order valence-corrected chi connectivity index (χ2v) is 5.80. The summed E-state index contributed by atoms with van der Waals surface area (Å²) >= 11 is 5.22. The van der Waals surface area contributed by atoms with Crippen molar-refractivity contribution in [1.29, 1.82) is 0 Å². The van der Waals surface area contributed by atoms with E-state index in [1.165, 1.54) is 37.8 Å². The van der Waals surface area contributed by atoms with Crippen LogP contribution >= 0.6 is 12.2 Å². The predicted octanol–water partition coefficient (Wildman–Crippen LogP) is 3.10. The Balaban J connectivity index is 2.38. The van der Waals surface area contributed by atoms with E-state index in [0.29, 0.717) is 4.99 Å². The van der Waals surface area contributed by atoms with Gasteiger partial charge in [-0.25, -0.2) is 0 Å². The zero-order chi connectivity index (χ0) is 13.8. The lowest BCUT2D eigenvalue weighted by atomic mass is 10.1. The smallest absolute Gasteiger partial charge is 0.107 e. The Morgan fingerprint density at radius 2 is 1.74 bits per heavy atom. The number of hydrogen-bond donors (Lipinski definition) is 1. The molecule has 0 bridgehead atoms. The van der Waals surface area contributed by atoms with Gasteiger partial charge in [-0.15, -0.1) is 0 Å². The first-order valence-electron chi connectivity index (χ1n) is 7.12. The largest absolute Gasteiger partial charge is 0.389 e. The number of nitrogens with two attached hydrogens (primary N) is 1. The molecule has 2 N–H and O–H groups in total. The van der Waals surface area contributed by atoms with Crippen LogP contribution in [0, 0.1) is 13.8 Å². The molecule has 1 fully saturated rings. The normalized spacial score (nSPS) is 16.8. The van der Waals surface area contributed by atoms with E-state index in [1.54, 1.807) is 0 Å². The third-order valence-corrected chi connectivity index (χ3v) is 3.95. The van der Waals surface area contributed by atoms with E-state index >= 15 is 0 Å². The van der Waals surface area contributed by atoms with Gasteiger partial charge in [-0.1, -0.05) is 31.5 Å². The Kier molecular flexibility index (Phi) is 4.75. The summed E-state index contributed by atoms with van der Waals surface area (Å²) in [6, 6.07) is 2.13. The summed E-state index contributed by atoms with van der Waals surface area (Å²) in [5.74, 6) is 0. The van der Waals surface area contributed by atoms with Crippen LogP contribution in [0.25, 0.3) is 0 Å². The van der Waals surface area contributed by atoms with Gasteiger partial charge in [0.15, 0.2) is 0 Å². The van der Waals surface area contributed by atoms with E-state index in [-0.39, 0.29) is 0 Å². The molecule has 3 nitrogen and oxygen atoms in total. The minimum atomic E-state index is 0.460. The summed E-state index contributed by atoms with van der Waals surface area (Å²) in [5, 5.41) is 0. The lowest BCUT2D eigenvalue weighted by Crippen LogP contribution is -2.30. The van der Waals surface area contributed by atoms with Crippen LogP contribution < -0.4 is 10.6 Å². The summed E-state index contributed by atoms with van der Waals surface area (Å²) in [6.07, 6.45) is 6.50. The van der Waals surface area contributed by atoms with E-state index in [2.05, 4.69) is 16.0 Å². The van der Waals surface area contributed by atoms with Crippen LogP contribution in [0.5, 0.6) is 0 Å². The van der Waals surface area contributed by atoms with Gasteiger partial charge in [0, 0.05) is 24.5 Å². The van der Waals surface area contributed by atoms with Crippen molar-refractivity contribution in [3.8, 4) is 0 Å². The molecule has 0 radical (unpaired) electrons. The minimum Gasteiger partial charge on any atom is -0.389 e. The molecule has 4 heteroatoms. The number of anilines is 1. The molecule has 0 spiro atoms. The van der Waals surface area contributed by atoms with Crippen LogP contribution in [0.4, 0.5) is 5.69 Å². The molecule has 2 rings (SSSR count). The van der Waals surface area contributed by atoms with Crippen molar-refractivity contribution >= 4 is 22.9 Å². The number of pyridine rings is 1. The Bertz CT molecular complexity index is 463. The van der Waals surface area contributed by atoms with Gasteiger partial charge in [-0.2, -0.15) is 0 Å². The molecule has 0 aliphatic carbocycles. The van der Waals surface area contributed by atoms with E-state index in [9.17, 15) is 0 Å². The molecule has 1 aliphatic heterocycles. The van der Waals surface area contributed by atoms with Crippen LogP contribution in [0.15, 0.2) is 6.07 Å². The van der Waals surface area contributed by atoms with Gasteiger partial charge < -0.3 is 10.6 Å². The van der Waals surface area contributed by atoms with E-state index in [0.717, 1.165) is 30.0 Å². The zero-order valence-corrected chi connectivity index (χ0v) is 12.7. The van der Waals surface area contributed by atoms with Crippen molar-refractivity contribution in [3.63, 3.8) is 0 Å². The van der Waals surface area contributed by atoms with Gasteiger partial charge in [0.25, 0.3) is 0 Å². The molecule has 104 valence electrons. The summed E-state index contributed by atoms with van der Waals surface area (Å²) in [4.78, 5) is 7.40. The molecule has 1 aromatic rings. The number of thiocarbonyl (C=S) groups is 1. The molecule has 0 unspecified atom stereocenters. The van der Waals surface area contributed by atoms with Crippen molar-refractivity contribution in [3.05, 3.63) is 23.0 Å². The minimum absolute atomic E-state index is 0.460. The third kappa shape index (κ3) is 3.44. The fourth-order valence-electron chi connectivity index (χ4n) is 2.85. The highest BCUT2D eigenvalue weighted by molar-refractivity contribution is 7.80. The predicted molar refractivity (Wildman–Crippen MR) is 84.9 cm³/mol. The average Bonchev–Trinajstić information content (AvgIpc) is 2.26. The van der Waals surface area contributed by atoms with Crippen LogP contribution in [0.3, 0.4) is 0 Å². The number of nitrogens with zero attached hydrogens (tertiary/aromatic N) is 2. The molecular formula is C15H23N3S. The van der Waals surface area contributed by atoms with Gasteiger partial charge in [0.05, 0.1) is 11.3 Å². The fraction of sp³-hybridized carbons (Fsp3) is 0.600. The second-order valence-electron chi connectivity index (χ2n) is 5.36.